The summed E-state index contributed by atoms with van der Waals surface area (Å²) in [6.45, 7) is 2.44. The first-order valence-corrected chi connectivity index (χ1v) is 7.46. The van der Waals surface area contributed by atoms with Crippen molar-refractivity contribution in [3.63, 3.8) is 0 Å². The van der Waals surface area contributed by atoms with Crippen molar-refractivity contribution < 1.29 is 14.3 Å². The zero-order chi connectivity index (χ0) is 16.5. The Morgan fingerprint density at radius 3 is 2.39 bits per heavy atom. The van der Waals surface area contributed by atoms with Gasteiger partial charge in [-0.25, -0.2) is 0 Å². The Kier molecular flexibility index (Phi) is 6.12. The molecule has 0 unspecified atom stereocenters. The third kappa shape index (κ3) is 5.43. The molecule has 2 aromatic carbocycles. The molecular weight excluding hydrogens is 290 g/mol. The average molecular weight is 309 g/mol. The monoisotopic (exact) mass is 309 g/mol. The summed E-state index contributed by atoms with van der Waals surface area (Å²) in [5, 5.41) is 2.66. The zero-order valence-corrected chi connectivity index (χ0v) is 13.0. The van der Waals surface area contributed by atoms with Crippen LogP contribution in [0.15, 0.2) is 60.7 Å². The Balaban J connectivity index is 1.91. The van der Waals surface area contributed by atoms with E-state index in [4.69, 9.17) is 4.74 Å². The zero-order valence-electron chi connectivity index (χ0n) is 13.0. The fraction of sp³-hybridized carbons (Fsp3) is 0.158. The van der Waals surface area contributed by atoms with Crippen LogP contribution in [0.2, 0.25) is 0 Å². The number of carbonyl (C=O) groups excluding carboxylic acids is 2. The van der Waals surface area contributed by atoms with E-state index < -0.39 is 0 Å². The van der Waals surface area contributed by atoms with Gasteiger partial charge in [-0.05, 0) is 30.7 Å². The van der Waals surface area contributed by atoms with Crippen molar-refractivity contribution >= 4 is 17.8 Å². The molecule has 118 valence electrons. The highest BCUT2D eigenvalue weighted by Crippen LogP contribution is 2.13. The van der Waals surface area contributed by atoms with Gasteiger partial charge in [0.25, 0.3) is 5.91 Å². The molecule has 0 aliphatic carbocycles. The summed E-state index contributed by atoms with van der Waals surface area (Å²) in [4.78, 5) is 23.3. The number of likely N-dealkylation sites (N-methyl/N-ethyl adjacent to an activating group) is 1. The minimum absolute atomic E-state index is 0.00445. The molecule has 4 heteroatoms. The summed E-state index contributed by atoms with van der Waals surface area (Å²) < 4.78 is 5.37. The molecule has 0 saturated carbocycles. The minimum Gasteiger partial charge on any atom is -0.484 e. The smallest absolute Gasteiger partial charge is 0.257 e. The fourth-order valence-electron chi connectivity index (χ4n) is 1.94. The Morgan fingerprint density at radius 2 is 1.74 bits per heavy atom. The molecule has 0 aromatic heterocycles. The third-order valence-corrected chi connectivity index (χ3v) is 3.11. The first-order valence-electron chi connectivity index (χ1n) is 7.46. The summed E-state index contributed by atoms with van der Waals surface area (Å²) in [5.74, 6) is 0.426. The van der Waals surface area contributed by atoms with Gasteiger partial charge in [-0.2, -0.15) is 0 Å². The van der Waals surface area contributed by atoms with Gasteiger partial charge in [-0.1, -0.05) is 48.5 Å². The number of allylic oxidation sites excluding steroid dienone is 1. The van der Waals surface area contributed by atoms with Crippen molar-refractivity contribution in [3.05, 3.63) is 71.8 Å². The van der Waals surface area contributed by atoms with E-state index in [0.717, 1.165) is 5.56 Å². The van der Waals surface area contributed by atoms with Crippen LogP contribution in [0.25, 0.3) is 6.08 Å². The molecule has 23 heavy (non-hydrogen) atoms. The van der Waals surface area contributed by atoms with Crippen LogP contribution < -0.4 is 10.1 Å². The second kappa shape index (κ2) is 8.54. The highest BCUT2D eigenvalue weighted by atomic mass is 16.5. The summed E-state index contributed by atoms with van der Waals surface area (Å²) in [6.07, 6.45) is 3.29. The molecule has 2 aromatic rings. The Morgan fingerprint density at radius 1 is 1.04 bits per heavy atom. The van der Waals surface area contributed by atoms with Crippen molar-refractivity contribution in [1.29, 1.82) is 0 Å². The summed E-state index contributed by atoms with van der Waals surface area (Å²) >= 11 is 0. The molecule has 0 radical (unpaired) electrons. The number of amides is 1. The molecule has 1 N–H and O–H groups in total. The first kappa shape index (κ1) is 16.5. The lowest BCUT2D eigenvalue weighted by atomic mass is 10.1. The summed E-state index contributed by atoms with van der Waals surface area (Å²) in [5.41, 5.74) is 1.55. The number of hydrogen-bond acceptors (Lipinski definition) is 3. The number of nitrogens with one attached hydrogen (secondary N) is 1. The Labute approximate surface area is 135 Å². The van der Waals surface area contributed by atoms with E-state index in [-0.39, 0.29) is 18.3 Å². The van der Waals surface area contributed by atoms with Gasteiger partial charge >= 0.3 is 0 Å². The second-order valence-electron chi connectivity index (χ2n) is 4.87. The van der Waals surface area contributed by atoms with E-state index in [1.54, 1.807) is 36.4 Å². The lowest BCUT2D eigenvalue weighted by molar-refractivity contribution is -0.122. The number of benzene rings is 2. The average Bonchev–Trinajstić information content (AvgIpc) is 2.60. The molecule has 0 fully saturated rings. The van der Waals surface area contributed by atoms with Crippen molar-refractivity contribution in [2.75, 3.05) is 13.2 Å². The van der Waals surface area contributed by atoms with Crippen LogP contribution in [0.1, 0.15) is 22.8 Å². The summed E-state index contributed by atoms with van der Waals surface area (Å²) in [6, 6.07) is 16.3. The summed E-state index contributed by atoms with van der Waals surface area (Å²) in [7, 11) is 0. The topological polar surface area (TPSA) is 55.4 Å². The first-order chi connectivity index (χ1) is 11.2. The largest absolute Gasteiger partial charge is 0.484 e. The van der Waals surface area contributed by atoms with Gasteiger partial charge in [0.15, 0.2) is 12.4 Å². The van der Waals surface area contributed by atoms with Crippen LogP contribution in [-0.2, 0) is 4.79 Å². The van der Waals surface area contributed by atoms with Crippen LogP contribution >= 0.6 is 0 Å². The number of carbonyl (C=O) groups is 2. The van der Waals surface area contributed by atoms with Gasteiger partial charge in [0.1, 0.15) is 5.75 Å². The second-order valence-corrected chi connectivity index (χ2v) is 4.87. The number of ether oxygens (including phenoxy) is 1. The van der Waals surface area contributed by atoms with Crippen LogP contribution in [0.3, 0.4) is 0 Å². The van der Waals surface area contributed by atoms with E-state index in [1.165, 1.54) is 0 Å². The molecule has 0 aliphatic rings. The molecule has 0 heterocycles. The van der Waals surface area contributed by atoms with Crippen LogP contribution in [0.5, 0.6) is 5.75 Å². The molecule has 0 atom stereocenters. The van der Waals surface area contributed by atoms with Crippen LogP contribution in [0.4, 0.5) is 0 Å². The van der Waals surface area contributed by atoms with Crippen molar-refractivity contribution in [3.8, 4) is 5.75 Å². The quantitative estimate of drug-likeness (QED) is 0.631. The fourth-order valence-corrected chi connectivity index (χ4v) is 1.94. The van der Waals surface area contributed by atoms with Gasteiger partial charge in [0.2, 0.25) is 0 Å². The van der Waals surface area contributed by atoms with Crippen molar-refractivity contribution in [2.45, 2.75) is 6.92 Å². The number of hydrogen-bond donors (Lipinski definition) is 1. The molecule has 0 spiro atoms. The maximum absolute atomic E-state index is 12.0. The highest BCUT2D eigenvalue weighted by molar-refractivity contribution is 6.06. The van der Waals surface area contributed by atoms with E-state index in [2.05, 4.69) is 5.32 Å². The van der Waals surface area contributed by atoms with Gasteiger partial charge in [-0.15, -0.1) is 0 Å². The molecule has 4 nitrogen and oxygen atoms in total. The van der Waals surface area contributed by atoms with E-state index in [1.807, 2.05) is 37.3 Å². The van der Waals surface area contributed by atoms with E-state index in [0.29, 0.717) is 17.9 Å². The molecule has 0 aliphatic heterocycles. The normalized spacial score (nSPS) is 10.5. The predicted octanol–water partition coefficient (Wildman–Crippen LogP) is 3.10. The molecule has 0 saturated heterocycles. The van der Waals surface area contributed by atoms with E-state index >= 15 is 0 Å². The number of rotatable bonds is 7. The lowest BCUT2D eigenvalue weighted by Gasteiger charge is -2.06. The predicted molar refractivity (Wildman–Crippen MR) is 90.4 cm³/mol. The minimum atomic E-state index is -0.148. The van der Waals surface area contributed by atoms with Gasteiger partial charge in [0.05, 0.1) is 0 Å². The molecule has 2 rings (SSSR count). The third-order valence-electron chi connectivity index (χ3n) is 3.11. The standard InChI is InChI=1S/C19H19NO3/c1-2-20-19(22)14-23-17-11-8-15(9-12-17)10-13-18(21)16-6-4-3-5-7-16/h3-13H,2,14H2,1H3,(H,20,22)/b13-10-. The van der Waals surface area contributed by atoms with Crippen LogP contribution in [0, 0.1) is 0 Å². The molecular formula is C19H19NO3. The van der Waals surface area contributed by atoms with Crippen molar-refractivity contribution in [1.82, 2.24) is 5.32 Å². The molecule has 1 amide bonds. The highest BCUT2D eigenvalue weighted by Gasteiger charge is 2.01. The molecule has 0 bridgehead atoms. The Hall–Kier alpha value is -2.88. The van der Waals surface area contributed by atoms with E-state index in [9.17, 15) is 9.59 Å². The maximum Gasteiger partial charge on any atom is 0.257 e. The van der Waals surface area contributed by atoms with Crippen molar-refractivity contribution in [2.24, 2.45) is 0 Å². The maximum atomic E-state index is 12.0. The van der Waals surface area contributed by atoms with Gasteiger partial charge < -0.3 is 10.1 Å². The van der Waals surface area contributed by atoms with Gasteiger partial charge in [0, 0.05) is 12.1 Å². The number of ketones is 1. The van der Waals surface area contributed by atoms with Gasteiger partial charge in [-0.3, -0.25) is 9.59 Å². The SMILES string of the molecule is CCNC(=O)COc1ccc(/C=C\C(=O)c2ccccc2)cc1. The lowest BCUT2D eigenvalue weighted by Crippen LogP contribution is -2.28. The Bertz CT molecular complexity index is 676. The van der Waals surface area contributed by atoms with Crippen LogP contribution in [-0.4, -0.2) is 24.8 Å².